The molecule has 0 unspecified atom stereocenters. The van der Waals surface area contributed by atoms with Gasteiger partial charge in [-0.1, -0.05) is 43.8 Å². The minimum Gasteiger partial charge on any atom is -0.112 e. The van der Waals surface area contributed by atoms with Gasteiger partial charge in [0.25, 0.3) is 0 Å². The van der Waals surface area contributed by atoms with E-state index in [-0.39, 0.29) is 11.0 Å². The van der Waals surface area contributed by atoms with Crippen LogP contribution in [-0.2, 0) is 0 Å². The zero-order chi connectivity index (χ0) is 8.32. The SMILES string of the molecule is [B]C([B])C1([B])CCCCCC1. The molecule has 0 bridgehead atoms. The lowest BCUT2D eigenvalue weighted by Gasteiger charge is -2.34. The van der Waals surface area contributed by atoms with E-state index in [2.05, 4.69) is 0 Å². The molecule has 0 aromatic carbocycles. The maximum absolute atomic E-state index is 6.05. The van der Waals surface area contributed by atoms with Crippen LogP contribution in [0.15, 0.2) is 0 Å². The van der Waals surface area contributed by atoms with E-state index >= 15 is 0 Å². The first-order chi connectivity index (χ1) is 5.15. The summed E-state index contributed by atoms with van der Waals surface area (Å²) in [5.41, 5.74) is -0.347. The number of hydrogen-bond donors (Lipinski definition) is 0. The fraction of sp³-hybridized carbons (Fsp3) is 1.00. The summed E-state index contributed by atoms with van der Waals surface area (Å²) < 4.78 is 0. The molecule has 1 rings (SSSR count). The molecule has 0 heterocycles. The van der Waals surface area contributed by atoms with Gasteiger partial charge in [-0.3, -0.25) is 0 Å². The van der Waals surface area contributed by atoms with E-state index in [4.69, 9.17) is 23.5 Å². The van der Waals surface area contributed by atoms with Gasteiger partial charge >= 0.3 is 0 Å². The summed E-state index contributed by atoms with van der Waals surface area (Å²) in [6, 6.07) is 0. The van der Waals surface area contributed by atoms with E-state index in [0.717, 1.165) is 12.8 Å². The maximum atomic E-state index is 6.05. The third-order valence-corrected chi connectivity index (χ3v) is 2.70. The van der Waals surface area contributed by atoms with E-state index in [0.29, 0.717) is 0 Å². The second kappa shape index (κ2) is 3.73. The van der Waals surface area contributed by atoms with Gasteiger partial charge in [-0.15, -0.1) is 5.72 Å². The summed E-state index contributed by atoms with van der Waals surface area (Å²) in [6.45, 7) is 0. The molecule has 0 aromatic rings. The Labute approximate surface area is 73.7 Å². The van der Waals surface area contributed by atoms with Crippen molar-refractivity contribution in [2.75, 3.05) is 0 Å². The summed E-state index contributed by atoms with van der Waals surface area (Å²) >= 11 is 0. The van der Waals surface area contributed by atoms with Gasteiger partial charge in [0.05, 0.1) is 23.5 Å². The highest BCUT2D eigenvalue weighted by Crippen LogP contribution is 2.45. The molecular weight excluding hydrogens is 129 g/mol. The van der Waals surface area contributed by atoms with Gasteiger partial charge in [0, 0.05) is 0 Å². The Kier molecular flexibility index (Phi) is 3.15. The third kappa shape index (κ3) is 2.32. The van der Waals surface area contributed by atoms with Gasteiger partial charge < -0.3 is 0 Å². The fourth-order valence-corrected chi connectivity index (χ4v) is 1.72. The Morgan fingerprint density at radius 1 is 0.909 bits per heavy atom. The van der Waals surface area contributed by atoms with Crippen LogP contribution in [0.3, 0.4) is 0 Å². The predicted molar refractivity (Wildman–Crippen MR) is 51.4 cm³/mol. The number of rotatable bonds is 1. The molecule has 0 aliphatic heterocycles. The summed E-state index contributed by atoms with van der Waals surface area (Å²) in [7, 11) is 17.3. The summed E-state index contributed by atoms with van der Waals surface area (Å²) in [4.78, 5) is 0. The molecule has 0 amide bonds. The van der Waals surface area contributed by atoms with Crippen LogP contribution in [0.4, 0.5) is 0 Å². The minimum atomic E-state index is -0.347. The van der Waals surface area contributed by atoms with Gasteiger partial charge in [-0.05, 0) is 0 Å². The molecular formula is C8H13B3. The van der Waals surface area contributed by atoms with Gasteiger partial charge in [0.2, 0.25) is 0 Å². The van der Waals surface area contributed by atoms with E-state index < -0.39 is 0 Å². The predicted octanol–water partition coefficient (Wildman–Crippen LogP) is 1.75. The summed E-state index contributed by atoms with van der Waals surface area (Å²) in [6.07, 6.45) is 6.91. The van der Waals surface area contributed by atoms with E-state index in [1.54, 1.807) is 0 Å². The molecule has 1 saturated carbocycles. The lowest BCUT2D eigenvalue weighted by Crippen LogP contribution is -2.19. The Balaban J connectivity index is 2.52. The highest BCUT2D eigenvalue weighted by atomic mass is 14.2. The lowest BCUT2D eigenvalue weighted by atomic mass is 9.44. The first kappa shape index (κ1) is 9.28. The van der Waals surface area contributed by atoms with Crippen LogP contribution in [0.1, 0.15) is 38.5 Å². The van der Waals surface area contributed by atoms with Gasteiger partial charge in [-0.25, -0.2) is 0 Å². The molecule has 0 saturated heterocycles. The van der Waals surface area contributed by atoms with E-state index in [1.165, 1.54) is 25.7 Å². The zero-order valence-corrected chi connectivity index (χ0v) is 7.05. The molecule has 1 fully saturated rings. The van der Waals surface area contributed by atoms with Crippen molar-refractivity contribution >= 4 is 23.5 Å². The molecule has 54 valence electrons. The monoisotopic (exact) mass is 142 g/mol. The third-order valence-electron chi connectivity index (χ3n) is 2.70. The normalized spacial score (nSPS) is 24.8. The lowest BCUT2D eigenvalue weighted by molar-refractivity contribution is 0.511. The van der Waals surface area contributed by atoms with E-state index in [1.807, 2.05) is 0 Å². The summed E-state index contributed by atoms with van der Waals surface area (Å²) in [5.74, 6) is 0. The standard InChI is InChI=1S/C8H13B3/c9-7(10)8(11)5-3-1-2-4-6-8/h7H,1-6H2. The quantitative estimate of drug-likeness (QED) is 0.386. The summed E-state index contributed by atoms with van der Waals surface area (Å²) in [5, 5.41) is -0.281. The zero-order valence-electron chi connectivity index (χ0n) is 7.05. The molecule has 1 aliphatic carbocycles. The van der Waals surface area contributed by atoms with Crippen molar-refractivity contribution in [3.05, 3.63) is 0 Å². The van der Waals surface area contributed by atoms with Crippen molar-refractivity contribution in [1.29, 1.82) is 0 Å². The second-order valence-corrected chi connectivity index (χ2v) is 3.67. The van der Waals surface area contributed by atoms with Crippen molar-refractivity contribution < 1.29 is 0 Å². The highest BCUT2D eigenvalue weighted by Gasteiger charge is 2.27. The van der Waals surface area contributed by atoms with Crippen LogP contribution in [0.2, 0.25) is 11.0 Å². The average Bonchev–Trinajstić information content (AvgIpc) is 2.15. The molecule has 0 spiro atoms. The maximum Gasteiger partial charge on any atom is 0.0730 e. The van der Waals surface area contributed by atoms with Crippen molar-refractivity contribution in [3.8, 4) is 0 Å². The second-order valence-electron chi connectivity index (χ2n) is 3.67. The Hall–Kier alpha value is 0.195. The minimum absolute atomic E-state index is 0.281. The first-order valence-electron chi connectivity index (χ1n) is 4.45. The molecule has 0 aromatic heterocycles. The van der Waals surface area contributed by atoms with Crippen LogP contribution in [0.5, 0.6) is 0 Å². The Morgan fingerprint density at radius 3 is 1.73 bits per heavy atom. The number of hydrogen-bond acceptors (Lipinski definition) is 0. The Morgan fingerprint density at radius 2 is 1.36 bits per heavy atom. The van der Waals surface area contributed by atoms with Crippen molar-refractivity contribution in [3.63, 3.8) is 0 Å². The van der Waals surface area contributed by atoms with Crippen LogP contribution in [-0.4, -0.2) is 23.5 Å². The Bertz CT molecular complexity index is 115. The largest absolute Gasteiger partial charge is 0.112 e. The van der Waals surface area contributed by atoms with Crippen molar-refractivity contribution in [2.45, 2.75) is 49.6 Å². The van der Waals surface area contributed by atoms with Crippen molar-refractivity contribution in [1.82, 2.24) is 0 Å². The first-order valence-corrected chi connectivity index (χ1v) is 4.45. The van der Waals surface area contributed by atoms with Crippen LogP contribution in [0, 0.1) is 0 Å². The molecule has 0 nitrogen and oxygen atoms in total. The smallest absolute Gasteiger partial charge is 0.0730 e. The molecule has 0 N–H and O–H groups in total. The van der Waals surface area contributed by atoms with Gasteiger partial charge in [0.15, 0.2) is 0 Å². The van der Waals surface area contributed by atoms with Crippen LogP contribution < -0.4 is 0 Å². The molecule has 11 heavy (non-hydrogen) atoms. The van der Waals surface area contributed by atoms with E-state index in [9.17, 15) is 0 Å². The highest BCUT2D eigenvalue weighted by molar-refractivity contribution is 6.40. The average molecular weight is 142 g/mol. The molecule has 1 aliphatic rings. The van der Waals surface area contributed by atoms with Gasteiger partial charge in [-0.2, -0.15) is 0 Å². The van der Waals surface area contributed by atoms with Crippen LogP contribution >= 0.6 is 0 Å². The van der Waals surface area contributed by atoms with Gasteiger partial charge in [0.1, 0.15) is 0 Å². The fourth-order valence-electron chi connectivity index (χ4n) is 1.72. The molecule has 6 radical (unpaired) electrons. The molecule has 3 heteroatoms. The van der Waals surface area contributed by atoms with Crippen LogP contribution in [0.25, 0.3) is 0 Å². The van der Waals surface area contributed by atoms with Crippen molar-refractivity contribution in [2.24, 2.45) is 0 Å². The topological polar surface area (TPSA) is 0 Å². The molecule has 0 atom stereocenters.